The standard InChI is InChI=1S/C13H13F2NO6/c1-3-4-21-13(19)16-8-6-10(22-12(14)15)9(20-2)5-7(8)11(17)18/h3,5-6,12H,1,4H2,2H3,(H,16,19)(H,17,18). The van der Waals surface area contributed by atoms with E-state index >= 15 is 0 Å². The molecule has 1 aromatic rings. The van der Waals surface area contributed by atoms with E-state index in [1.807, 2.05) is 0 Å². The monoisotopic (exact) mass is 317 g/mol. The number of amides is 1. The molecular formula is C13H13F2NO6. The fourth-order valence-corrected chi connectivity index (χ4v) is 1.47. The third-order valence-corrected chi connectivity index (χ3v) is 2.32. The van der Waals surface area contributed by atoms with E-state index in [0.29, 0.717) is 0 Å². The van der Waals surface area contributed by atoms with Crippen LogP contribution in [0, 0.1) is 0 Å². The Hall–Kier alpha value is -2.84. The Morgan fingerprint density at radius 1 is 1.41 bits per heavy atom. The first-order valence-electron chi connectivity index (χ1n) is 5.83. The van der Waals surface area contributed by atoms with Crippen molar-refractivity contribution in [3.63, 3.8) is 0 Å². The van der Waals surface area contributed by atoms with Crippen molar-refractivity contribution < 1.29 is 37.7 Å². The minimum absolute atomic E-state index is 0.106. The second-order valence-electron chi connectivity index (χ2n) is 3.74. The fraction of sp³-hybridized carbons (Fsp3) is 0.231. The van der Waals surface area contributed by atoms with Gasteiger partial charge in [-0.1, -0.05) is 12.7 Å². The Morgan fingerprint density at radius 3 is 2.59 bits per heavy atom. The van der Waals surface area contributed by atoms with Crippen LogP contribution in [-0.4, -0.2) is 37.5 Å². The van der Waals surface area contributed by atoms with Gasteiger partial charge in [-0.05, 0) is 0 Å². The number of carboxylic acids is 1. The molecule has 1 amide bonds. The normalized spacial score (nSPS) is 10.0. The van der Waals surface area contributed by atoms with Crippen LogP contribution in [0.3, 0.4) is 0 Å². The molecule has 0 heterocycles. The molecule has 0 bridgehead atoms. The van der Waals surface area contributed by atoms with Gasteiger partial charge in [0.15, 0.2) is 11.5 Å². The number of anilines is 1. The van der Waals surface area contributed by atoms with Gasteiger partial charge in [-0.25, -0.2) is 9.59 Å². The number of hydrogen-bond acceptors (Lipinski definition) is 5. The highest BCUT2D eigenvalue weighted by Crippen LogP contribution is 2.34. The topological polar surface area (TPSA) is 94.1 Å². The van der Waals surface area contributed by atoms with Crippen LogP contribution >= 0.6 is 0 Å². The number of carboxylic acid groups (broad SMARTS) is 1. The number of carbonyl (C=O) groups excluding carboxylic acids is 1. The van der Waals surface area contributed by atoms with E-state index < -0.39 is 24.4 Å². The van der Waals surface area contributed by atoms with Crippen LogP contribution < -0.4 is 14.8 Å². The van der Waals surface area contributed by atoms with Gasteiger partial charge in [0.05, 0.1) is 18.4 Å². The predicted molar refractivity (Wildman–Crippen MR) is 71.8 cm³/mol. The molecule has 0 aliphatic rings. The maximum absolute atomic E-state index is 12.3. The number of hydrogen-bond donors (Lipinski definition) is 2. The van der Waals surface area contributed by atoms with Gasteiger partial charge in [-0.2, -0.15) is 8.78 Å². The number of alkyl halides is 2. The molecule has 0 aliphatic heterocycles. The highest BCUT2D eigenvalue weighted by Gasteiger charge is 2.20. The molecule has 9 heteroatoms. The van der Waals surface area contributed by atoms with Gasteiger partial charge in [0.25, 0.3) is 0 Å². The quantitative estimate of drug-likeness (QED) is 0.751. The molecule has 2 N–H and O–H groups in total. The lowest BCUT2D eigenvalue weighted by Crippen LogP contribution is -2.17. The fourth-order valence-electron chi connectivity index (χ4n) is 1.47. The van der Waals surface area contributed by atoms with Crippen LogP contribution in [-0.2, 0) is 4.74 Å². The summed E-state index contributed by atoms with van der Waals surface area (Å²) in [6, 6.07) is 1.85. The zero-order chi connectivity index (χ0) is 16.7. The van der Waals surface area contributed by atoms with E-state index in [2.05, 4.69) is 21.4 Å². The number of rotatable bonds is 7. The van der Waals surface area contributed by atoms with Crippen molar-refractivity contribution in [1.29, 1.82) is 0 Å². The van der Waals surface area contributed by atoms with E-state index in [-0.39, 0.29) is 23.6 Å². The molecule has 0 radical (unpaired) electrons. The minimum Gasteiger partial charge on any atom is -0.493 e. The highest BCUT2D eigenvalue weighted by atomic mass is 19.3. The SMILES string of the molecule is C=CCOC(=O)Nc1cc(OC(F)F)c(OC)cc1C(=O)O. The van der Waals surface area contributed by atoms with Crippen molar-refractivity contribution in [2.75, 3.05) is 19.0 Å². The molecule has 0 aliphatic carbocycles. The second-order valence-corrected chi connectivity index (χ2v) is 3.74. The Labute approximate surface area is 124 Å². The van der Waals surface area contributed by atoms with Crippen LogP contribution in [0.1, 0.15) is 10.4 Å². The lowest BCUT2D eigenvalue weighted by atomic mass is 10.1. The molecule has 1 aromatic carbocycles. The summed E-state index contributed by atoms with van der Waals surface area (Å²) in [5.74, 6) is -2.05. The van der Waals surface area contributed by atoms with E-state index in [4.69, 9.17) is 9.84 Å². The van der Waals surface area contributed by atoms with Crippen LogP contribution in [0.5, 0.6) is 11.5 Å². The highest BCUT2D eigenvalue weighted by molar-refractivity contribution is 5.99. The molecule has 7 nitrogen and oxygen atoms in total. The van der Waals surface area contributed by atoms with Crippen LogP contribution in [0.4, 0.5) is 19.3 Å². The molecule has 1 rings (SSSR count). The van der Waals surface area contributed by atoms with Gasteiger partial charge in [0.2, 0.25) is 0 Å². The van der Waals surface area contributed by atoms with Crippen molar-refractivity contribution in [1.82, 2.24) is 0 Å². The van der Waals surface area contributed by atoms with Crippen LogP contribution in [0.15, 0.2) is 24.8 Å². The van der Waals surface area contributed by atoms with Crippen molar-refractivity contribution in [3.8, 4) is 11.5 Å². The Morgan fingerprint density at radius 2 is 2.09 bits per heavy atom. The van der Waals surface area contributed by atoms with Gasteiger partial charge in [0.1, 0.15) is 6.61 Å². The first-order valence-corrected chi connectivity index (χ1v) is 5.83. The van der Waals surface area contributed by atoms with Crippen LogP contribution in [0.2, 0.25) is 0 Å². The summed E-state index contributed by atoms with van der Waals surface area (Å²) < 4.78 is 38.3. The zero-order valence-electron chi connectivity index (χ0n) is 11.5. The summed E-state index contributed by atoms with van der Waals surface area (Å²) in [6.07, 6.45) is 0.326. The van der Waals surface area contributed by atoms with Crippen molar-refractivity contribution in [2.24, 2.45) is 0 Å². The number of ether oxygens (including phenoxy) is 3. The molecule has 0 saturated carbocycles. The minimum atomic E-state index is -3.15. The molecule has 22 heavy (non-hydrogen) atoms. The third kappa shape index (κ3) is 4.62. The summed E-state index contributed by atoms with van der Waals surface area (Å²) in [6.45, 7) is 0.0816. The Balaban J connectivity index is 3.18. The molecule has 0 atom stereocenters. The molecular weight excluding hydrogens is 304 g/mol. The molecule has 120 valence electrons. The van der Waals surface area contributed by atoms with E-state index in [0.717, 1.165) is 19.2 Å². The summed E-state index contributed by atoms with van der Waals surface area (Å²) in [7, 11) is 1.16. The van der Waals surface area contributed by atoms with Gasteiger partial charge in [-0.3, -0.25) is 5.32 Å². The van der Waals surface area contributed by atoms with E-state index in [1.165, 1.54) is 6.08 Å². The summed E-state index contributed by atoms with van der Waals surface area (Å²) in [5, 5.41) is 11.2. The summed E-state index contributed by atoms with van der Waals surface area (Å²) in [4.78, 5) is 22.6. The lowest BCUT2D eigenvalue weighted by molar-refractivity contribution is -0.0511. The number of methoxy groups -OCH3 is 1. The molecule has 0 aromatic heterocycles. The Kier molecular flexibility index (Phi) is 6.11. The summed E-state index contributed by atoms with van der Waals surface area (Å²) >= 11 is 0. The number of benzene rings is 1. The predicted octanol–water partition coefficient (Wildman–Crippen LogP) is 2.73. The zero-order valence-corrected chi connectivity index (χ0v) is 11.5. The molecule has 0 spiro atoms. The van der Waals surface area contributed by atoms with Crippen molar-refractivity contribution in [3.05, 3.63) is 30.4 Å². The largest absolute Gasteiger partial charge is 0.493 e. The van der Waals surface area contributed by atoms with Crippen molar-refractivity contribution >= 4 is 17.7 Å². The molecule has 0 saturated heterocycles. The average Bonchev–Trinajstić information content (AvgIpc) is 2.44. The first-order chi connectivity index (χ1) is 10.4. The lowest BCUT2D eigenvalue weighted by Gasteiger charge is -2.14. The second kappa shape index (κ2) is 7.81. The Bertz CT molecular complexity index is 576. The number of halogens is 2. The number of nitrogens with one attached hydrogen (secondary N) is 1. The van der Waals surface area contributed by atoms with Gasteiger partial charge in [-0.15, -0.1) is 0 Å². The van der Waals surface area contributed by atoms with Crippen LogP contribution in [0.25, 0.3) is 0 Å². The number of aromatic carboxylic acids is 1. The van der Waals surface area contributed by atoms with Gasteiger partial charge in [0, 0.05) is 12.1 Å². The number of carbonyl (C=O) groups is 2. The molecule has 0 unspecified atom stereocenters. The maximum atomic E-state index is 12.3. The smallest absolute Gasteiger partial charge is 0.411 e. The van der Waals surface area contributed by atoms with E-state index in [1.54, 1.807) is 0 Å². The van der Waals surface area contributed by atoms with Gasteiger partial charge >= 0.3 is 18.7 Å². The first kappa shape index (κ1) is 17.2. The van der Waals surface area contributed by atoms with Gasteiger partial charge < -0.3 is 19.3 Å². The maximum Gasteiger partial charge on any atom is 0.411 e. The van der Waals surface area contributed by atoms with E-state index in [9.17, 15) is 18.4 Å². The third-order valence-electron chi connectivity index (χ3n) is 2.32. The average molecular weight is 317 g/mol. The molecule has 0 fully saturated rings. The van der Waals surface area contributed by atoms with Crippen molar-refractivity contribution in [2.45, 2.75) is 6.61 Å². The summed E-state index contributed by atoms with van der Waals surface area (Å²) in [5.41, 5.74) is -0.660.